The molecule has 2 aromatic rings. The molecule has 208 valence electrons. The Bertz CT molecular complexity index is 1230. The van der Waals surface area contributed by atoms with E-state index in [0.29, 0.717) is 34.8 Å². The summed E-state index contributed by atoms with van der Waals surface area (Å²) < 4.78 is 0. The molecule has 0 saturated heterocycles. The van der Waals surface area contributed by atoms with Crippen LogP contribution in [-0.2, 0) is 27.2 Å². The van der Waals surface area contributed by atoms with Gasteiger partial charge in [-0.15, -0.1) is 0 Å². The van der Waals surface area contributed by atoms with Gasteiger partial charge in [-0.25, -0.2) is 4.79 Å². The maximum atomic E-state index is 13.8. The number of aromatic amines is 1. The topological polar surface area (TPSA) is 166 Å². The lowest BCUT2D eigenvalue weighted by Crippen LogP contribution is -2.65. The average Bonchev–Trinajstić information content (AvgIpc) is 3.21. The molecule has 0 aliphatic heterocycles. The minimum atomic E-state index is -1.34. The summed E-state index contributed by atoms with van der Waals surface area (Å²) in [5, 5.41) is 19.1. The van der Waals surface area contributed by atoms with E-state index in [1.54, 1.807) is 19.1 Å². The van der Waals surface area contributed by atoms with Gasteiger partial charge in [-0.2, -0.15) is 0 Å². The number of halogens is 2. The van der Waals surface area contributed by atoms with Gasteiger partial charge in [0.15, 0.2) is 0 Å². The summed E-state index contributed by atoms with van der Waals surface area (Å²) in [5.41, 5.74) is 6.33. The van der Waals surface area contributed by atoms with Crippen molar-refractivity contribution in [2.45, 2.75) is 70.9 Å². The zero-order chi connectivity index (χ0) is 28.2. The summed E-state index contributed by atoms with van der Waals surface area (Å²) in [5.74, 6) is -1.69. The Kier molecular flexibility index (Phi) is 9.54. The SMILES string of the molecule is CC[C@H](C)C(NC(=O)O)C(=O)N[C@]1(C(=O)NC[C@@H](C)CCC(N)=O)CCc2[nH]c3c(Cl)cc(Cl)cc3c2C1. The quantitative estimate of drug-likeness (QED) is 0.244. The number of primary amides is 1. The van der Waals surface area contributed by atoms with Crippen LogP contribution in [0.15, 0.2) is 12.1 Å². The molecule has 0 spiro atoms. The minimum absolute atomic E-state index is 0.0226. The number of benzene rings is 1. The predicted octanol–water partition coefficient (Wildman–Crippen LogP) is 3.52. The summed E-state index contributed by atoms with van der Waals surface area (Å²) in [6, 6.07) is 2.37. The first-order chi connectivity index (χ1) is 17.9. The number of fused-ring (bicyclic) bond motifs is 3. The van der Waals surface area contributed by atoms with E-state index in [-0.39, 0.29) is 43.6 Å². The van der Waals surface area contributed by atoms with Crippen LogP contribution >= 0.6 is 23.2 Å². The van der Waals surface area contributed by atoms with Gasteiger partial charge in [0.05, 0.1) is 10.5 Å². The molecule has 10 nitrogen and oxygen atoms in total. The molecule has 1 heterocycles. The van der Waals surface area contributed by atoms with Crippen molar-refractivity contribution >= 4 is 57.9 Å². The molecule has 0 saturated carbocycles. The van der Waals surface area contributed by atoms with Gasteiger partial charge in [-0.1, -0.05) is 50.4 Å². The number of hydrogen-bond donors (Lipinski definition) is 6. The molecule has 12 heteroatoms. The molecule has 7 N–H and O–H groups in total. The molecule has 0 fully saturated rings. The second-order valence-electron chi connectivity index (χ2n) is 10.3. The molecule has 1 aliphatic rings. The van der Waals surface area contributed by atoms with Gasteiger partial charge in [-0.05, 0) is 48.8 Å². The molecule has 0 bridgehead atoms. The number of aryl methyl sites for hydroxylation is 1. The lowest BCUT2D eigenvalue weighted by Gasteiger charge is -2.38. The highest BCUT2D eigenvalue weighted by Crippen LogP contribution is 2.38. The first kappa shape index (κ1) is 29.6. The number of amides is 4. The van der Waals surface area contributed by atoms with Crippen molar-refractivity contribution in [1.82, 2.24) is 20.9 Å². The number of carboxylic acid groups (broad SMARTS) is 1. The number of nitrogens with two attached hydrogens (primary N) is 1. The van der Waals surface area contributed by atoms with Gasteiger partial charge in [0.2, 0.25) is 17.7 Å². The van der Waals surface area contributed by atoms with Crippen LogP contribution in [0.3, 0.4) is 0 Å². The van der Waals surface area contributed by atoms with Crippen LogP contribution < -0.4 is 21.7 Å². The summed E-state index contributed by atoms with van der Waals surface area (Å²) in [7, 11) is 0. The fourth-order valence-corrected chi connectivity index (χ4v) is 5.44. The number of nitrogens with one attached hydrogen (secondary N) is 4. The molecule has 38 heavy (non-hydrogen) atoms. The molecule has 1 aromatic carbocycles. The van der Waals surface area contributed by atoms with E-state index in [0.717, 1.165) is 16.6 Å². The van der Waals surface area contributed by atoms with Gasteiger partial charge in [-0.3, -0.25) is 14.4 Å². The van der Waals surface area contributed by atoms with Gasteiger partial charge in [0.1, 0.15) is 11.6 Å². The molecule has 1 aliphatic carbocycles. The number of carbonyl (C=O) groups is 4. The Balaban J connectivity index is 1.96. The standard InChI is InChI=1S/C26H35Cl2N5O5/c1-4-14(3)21(32-25(37)38)23(35)33-26(24(36)30-12-13(2)5-6-20(29)34)8-7-19-17(11-26)16-9-15(27)10-18(28)22(16)31-19/h9-10,13-14,21,31-32H,4-8,11-12H2,1-3H3,(H2,29,34)(H,30,36)(H,33,35)(H,37,38)/t13-,14-,21?,26+/m0/s1. The van der Waals surface area contributed by atoms with Crippen molar-refractivity contribution in [3.05, 3.63) is 33.4 Å². The van der Waals surface area contributed by atoms with Crippen molar-refractivity contribution in [2.24, 2.45) is 17.6 Å². The summed E-state index contributed by atoms with van der Waals surface area (Å²) >= 11 is 12.7. The van der Waals surface area contributed by atoms with Crippen molar-refractivity contribution in [3.8, 4) is 0 Å². The maximum absolute atomic E-state index is 13.8. The van der Waals surface area contributed by atoms with E-state index in [2.05, 4.69) is 20.9 Å². The van der Waals surface area contributed by atoms with Crippen LogP contribution in [0.1, 0.15) is 57.7 Å². The normalized spacial score (nSPS) is 19.2. The van der Waals surface area contributed by atoms with Crippen molar-refractivity contribution in [2.75, 3.05) is 6.54 Å². The molecule has 4 amide bonds. The maximum Gasteiger partial charge on any atom is 0.405 e. The molecule has 1 aromatic heterocycles. The molecule has 0 radical (unpaired) electrons. The average molecular weight is 569 g/mol. The number of H-pyrrole nitrogens is 1. The minimum Gasteiger partial charge on any atom is -0.465 e. The Labute approximate surface area is 231 Å². The molecule has 4 atom stereocenters. The smallest absolute Gasteiger partial charge is 0.405 e. The van der Waals surface area contributed by atoms with Gasteiger partial charge in [0.25, 0.3) is 0 Å². The third kappa shape index (κ3) is 6.71. The zero-order valence-corrected chi connectivity index (χ0v) is 23.3. The van der Waals surface area contributed by atoms with E-state index in [9.17, 15) is 24.3 Å². The number of rotatable bonds is 11. The Morgan fingerprint density at radius 1 is 1.21 bits per heavy atom. The van der Waals surface area contributed by atoms with E-state index in [1.165, 1.54) is 0 Å². The second-order valence-corrected chi connectivity index (χ2v) is 11.1. The van der Waals surface area contributed by atoms with Crippen LogP contribution in [-0.4, -0.2) is 52.0 Å². The fraction of sp³-hybridized carbons (Fsp3) is 0.538. The van der Waals surface area contributed by atoms with E-state index >= 15 is 0 Å². The highest BCUT2D eigenvalue weighted by molar-refractivity contribution is 6.38. The van der Waals surface area contributed by atoms with Crippen LogP contribution in [0.4, 0.5) is 4.79 Å². The van der Waals surface area contributed by atoms with Gasteiger partial charge < -0.3 is 31.8 Å². The van der Waals surface area contributed by atoms with Crippen molar-refractivity contribution in [3.63, 3.8) is 0 Å². The van der Waals surface area contributed by atoms with Gasteiger partial charge >= 0.3 is 6.09 Å². The highest BCUT2D eigenvalue weighted by Gasteiger charge is 2.45. The number of aromatic nitrogens is 1. The zero-order valence-electron chi connectivity index (χ0n) is 21.7. The van der Waals surface area contributed by atoms with Crippen molar-refractivity contribution < 1.29 is 24.3 Å². The first-order valence-electron chi connectivity index (χ1n) is 12.7. The second kappa shape index (κ2) is 12.3. The molecule has 1 unspecified atom stereocenters. The van der Waals surface area contributed by atoms with E-state index < -0.39 is 29.5 Å². The predicted molar refractivity (Wildman–Crippen MR) is 146 cm³/mol. The largest absolute Gasteiger partial charge is 0.465 e. The lowest BCUT2D eigenvalue weighted by molar-refractivity contribution is -0.135. The Morgan fingerprint density at radius 3 is 2.55 bits per heavy atom. The summed E-state index contributed by atoms with van der Waals surface area (Å²) in [4.78, 5) is 53.2. The number of carbonyl (C=O) groups excluding carboxylic acids is 3. The molecule has 3 rings (SSSR count). The third-order valence-electron chi connectivity index (χ3n) is 7.37. The summed E-state index contributed by atoms with van der Waals surface area (Å²) in [6.07, 6.45) is 0.840. The van der Waals surface area contributed by atoms with E-state index in [4.69, 9.17) is 28.9 Å². The monoisotopic (exact) mass is 567 g/mol. The fourth-order valence-electron chi connectivity index (χ4n) is 4.90. The van der Waals surface area contributed by atoms with Crippen LogP contribution in [0.25, 0.3) is 10.9 Å². The van der Waals surface area contributed by atoms with Crippen molar-refractivity contribution in [1.29, 1.82) is 0 Å². The molecular weight excluding hydrogens is 533 g/mol. The Hall–Kier alpha value is -2.98. The number of hydrogen-bond acceptors (Lipinski definition) is 4. The van der Waals surface area contributed by atoms with Crippen LogP contribution in [0.5, 0.6) is 0 Å². The van der Waals surface area contributed by atoms with Crippen LogP contribution in [0, 0.1) is 11.8 Å². The first-order valence-corrected chi connectivity index (χ1v) is 13.5. The highest BCUT2D eigenvalue weighted by atomic mass is 35.5. The third-order valence-corrected chi connectivity index (χ3v) is 7.88. The van der Waals surface area contributed by atoms with Gasteiger partial charge in [0, 0.05) is 35.5 Å². The van der Waals surface area contributed by atoms with E-state index in [1.807, 2.05) is 13.8 Å². The Morgan fingerprint density at radius 2 is 1.92 bits per heavy atom. The lowest BCUT2D eigenvalue weighted by atomic mass is 9.78. The summed E-state index contributed by atoms with van der Waals surface area (Å²) in [6.45, 7) is 5.81. The molecular formula is C26H35Cl2N5O5. The van der Waals surface area contributed by atoms with Crippen LogP contribution in [0.2, 0.25) is 10.0 Å².